The Morgan fingerprint density at radius 3 is 1.79 bits per heavy atom. The van der Waals surface area contributed by atoms with Crippen LogP contribution in [0.1, 0.15) is 22.3 Å². The first-order valence-electron chi connectivity index (χ1n) is 14.2. The van der Waals surface area contributed by atoms with Gasteiger partial charge in [-0.05, 0) is 35.7 Å². The van der Waals surface area contributed by atoms with Crippen LogP contribution in [-0.2, 0) is 48.6 Å². The van der Waals surface area contributed by atoms with Crippen LogP contribution in [0.4, 0.5) is 0 Å². The average molecular weight is 587 g/mol. The third-order valence-electron chi connectivity index (χ3n) is 7.84. The van der Waals surface area contributed by atoms with Crippen LogP contribution in [0.5, 0.6) is 0 Å². The molecule has 42 heavy (non-hydrogen) atoms. The molecule has 0 radical (unpaired) electrons. The van der Waals surface area contributed by atoms with E-state index in [4.69, 9.17) is 18.9 Å². The van der Waals surface area contributed by atoms with Gasteiger partial charge < -0.3 is 18.9 Å². The quantitative estimate of drug-likeness (QED) is 0.166. The number of hydrogen-bond acceptors (Lipinski definition) is 6. The monoisotopic (exact) mass is 586 g/mol. The number of methoxy groups -OCH3 is 1. The highest BCUT2D eigenvalue weighted by Gasteiger charge is 2.76. The molecule has 1 aliphatic carbocycles. The van der Waals surface area contributed by atoms with Crippen LogP contribution < -0.4 is 0 Å². The topological polar surface area (TPSA) is 71.1 Å². The molecular formula is C35H38O6S. The second-order valence-corrected chi connectivity index (χ2v) is 13.0. The van der Waals surface area contributed by atoms with Crippen LogP contribution in [0.2, 0.25) is 0 Å². The zero-order valence-corrected chi connectivity index (χ0v) is 24.9. The molecule has 0 bridgehead atoms. The van der Waals surface area contributed by atoms with E-state index in [0.29, 0.717) is 13.2 Å². The molecule has 4 aromatic rings. The minimum atomic E-state index is -3.90. The van der Waals surface area contributed by atoms with Gasteiger partial charge >= 0.3 is 0 Å². The Kier molecular flexibility index (Phi) is 9.88. The molecule has 0 spiro atoms. The Hall–Kier alpha value is -3.33. The van der Waals surface area contributed by atoms with Crippen LogP contribution in [0.15, 0.2) is 120 Å². The summed E-state index contributed by atoms with van der Waals surface area (Å²) in [5.74, 6) is -0.521. The Balaban J connectivity index is 1.48. The third-order valence-corrected chi connectivity index (χ3v) is 10.4. The fraction of sp³-hybridized carbons (Fsp3) is 0.314. The van der Waals surface area contributed by atoms with Gasteiger partial charge in [0.1, 0.15) is 4.75 Å². The maximum atomic E-state index is 14.5. The van der Waals surface area contributed by atoms with Crippen molar-refractivity contribution in [1.29, 1.82) is 0 Å². The summed E-state index contributed by atoms with van der Waals surface area (Å²) in [6.07, 6.45) is -1.23. The average Bonchev–Trinajstić information content (AvgIpc) is 3.68. The van der Waals surface area contributed by atoms with E-state index in [9.17, 15) is 8.42 Å². The van der Waals surface area contributed by atoms with E-state index in [1.165, 1.54) is 7.11 Å². The summed E-state index contributed by atoms with van der Waals surface area (Å²) in [4.78, 5) is 0.243. The molecule has 6 nitrogen and oxygen atoms in total. The second-order valence-electron chi connectivity index (χ2n) is 10.8. The Labute approximate surface area is 249 Å². The lowest BCUT2D eigenvalue weighted by molar-refractivity contribution is -0.0525. The third kappa shape index (κ3) is 6.66. The van der Waals surface area contributed by atoms with Crippen molar-refractivity contribution in [3.63, 3.8) is 0 Å². The van der Waals surface area contributed by atoms with Crippen molar-refractivity contribution in [2.45, 2.75) is 48.6 Å². The van der Waals surface area contributed by atoms with Gasteiger partial charge in [0.2, 0.25) is 0 Å². The Morgan fingerprint density at radius 2 is 1.24 bits per heavy atom. The molecule has 0 N–H and O–H groups in total. The van der Waals surface area contributed by atoms with Crippen molar-refractivity contribution in [2.24, 2.45) is 5.92 Å². The lowest BCUT2D eigenvalue weighted by atomic mass is 10.2. The van der Waals surface area contributed by atoms with Gasteiger partial charge in [0.05, 0.1) is 50.1 Å². The fourth-order valence-electron chi connectivity index (χ4n) is 5.58. The smallest absolute Gasteiger partial charge is 0.189 e. The van der Waals surface area contributed by atoms with Gasteiger partial charge in [0, 0.05) is 13.0 Å². The molecule has 0 heterocycles. The largest absolute Gasteiger partial charge is 0.383 e. The van der Waals surface area contributed by atoms with Crippen LogP contribution in [0, 0.1) is 12.8 Å². The molecule has 4 aromatic carbocycles. The molecule has 1 aliphatic rings. The van der Waals surface area contributed by atoms with Crippen molar-refractivity contribution in [1.82, 2.24) is 0 Å². The Morgan fingerprint density at radius 1 is 0.714 bits per heavy atom. The van der Waals surface area contributed by atoms with E-state index < -0.39 is 32.7 Å². The van der Waals surface area contributed by atoms with Crippen molar-refractivity contribution < 1.29 is 27.4 Å². The molecule has 0 saturated heterocycles. The van der Waals surface area contributed by atoms with E-state index in [-0.39, 0.29) is 24.7 Å². The van der Waals surface area contributed by atoms with Gasteiger partial charge in [-0.3, -0.25) is 0 Å². The van der Waals surface area contributed by atoms with E-state index in [1.54, 1.807) is 12.1 Å². The van der Waals surface area contributed by atoms with Gasteiger partial charge in [-0.15, -0.1) is 0 Å². The lowest BCUT2D eigenvalue weighted by Crippen LogP contribution is -2.37. The number of aryl methyl sites for hydroxylation is 1. The summed E-state index contributed by atoms with van der Waals surface area (Å²) < 4.78 is 52.4. The van der Waals surface area contributed by atoms with Gasteiger partial charge in [-0.1, -0.05) is 109 Å². The van der Waals surface area contributed by atoms with Gasteiger partial charge in [0.25, 0.3) is 0 Å². The molecule has 7 heteroatoms. The summed E-state index contributed by atoms with van der Waals surface area (Å²) in [6, 6.07) is 36.5. The first kappa shape index (κ1) is 30.1. The first-order valence-corrected chi connectivity index (χ1v) is 15.7. The number of rotatable bonds is 15. The molecular weight excluding hydrogens is 548 g/mol. The molecule has 5 rings (SSSR count). The van der Waals surface area contributed by atoms with E-state index in [2.05, 4.69) is 0 Å². The predicted octanol–water partition coefficient (Wildman–Crippen LogP) is 6.17. The molecule has 4 atom stereocenters. The highest BCUT2D eigenvalue weighted by atomic mass is 32.2. The van der Waals surface area contributed by atoms with Crippen LogP contribution in [0.3, 0.4) is 0 Å². The maximum absolute atomic E-state index is 14.5. The minimum absolute atomic E-state index is 0.0305. The minimum Gasteiger partial charge on any atom is -0.383 e. The molecule has 0 aromatic heterocycles. The van der Waals surface area contributed by atoms with Crippen LogP contribution in [0.25, 0.3) is 0 Å². The fourth-order valence-corrected chi connectivity index (χ4v) is 7.87. The van der Waals surface area contributed by atoms with E-state index in [1.807, 2.05) is 110 Å². The van der Waals surface area contributed by atoms with E-state index >= 15 is 0 Å². The molecule has 0 amide bonds. The SMILES string of the molecule is COC[C@@]1(S(=O)(=O)c2ccc(C)cc2)[C@@H]([C@H](COCc2ccccc2)OCc2ccccc2)[C@H]1OCc1ccccc1. The molecule has 1 saturated carbocycles. The van der Waals surface area contributed by atoms with Gasteiger partial charge in [-0.25, -0.2) is 8.42 Å². The number of hydrogen-bond donors (Lipinski definition) is 0. The van der Waals surface area contributed by atoms with Crippen LogP contribution >= 0.6 is 0 Å². The van der Waals surface area contributed by atoms with Crippen molar-refractivity contribution in [3.05, 3.63) is 138 Å². The first-order chi connectivity index (χ1) is 20.5. The highest BCUT2D eigenvalue weighted by Crippen LogP contribution is 2.57. The summed E-state index contributed by atoms with van der Waals surface area (Å²) in [6.45, 7) is 3.08. The van der Waals surface area contributed by atoms with Crippen molar-refractivity contribution in [2.75, 3.05) is 20.3 Å². The van der Waals surface area contributed by atoms with Crippen molar-refractivity contribution in [3.8, 4) is 0 Å². The number of ether oxygens (including phenoxy) is 4. The van der Waals surface area contributed by atoms with Crippen LogP contribution in [-0.4, -0.2) is 45.7 Å². The summed E-state index contributed by atoms with van der Waals surface area (Å²) in [7, 11) is -2.37. The standard InChI is InChI=1S/C35H38O6S/c1-27-18-20-31(21-19-27)42(36,37)35(26-38-2)33(34(35)41-24-30-16-10-5-11-17-30)32(40-23-29-14-8-4-9-15-29)25-39-22-28-12-6-3-7-13-28/h3-21,32-34H,22-26H2,1-2H3/t32-,33-,34+,35+/m0/s1. The summed E-state index contributed by atoms with van der Waals surface area (Å²) in [5, 5.41) is 0. The normalized spacial score (nSPS) is 20.7. The molecule has 0 unspecified atom stereocenters. The highest BCUT2D eigenvalue weighted by molar-refractivity contribution is 7.93. The summed E-state index contributed by atoms with van der Waals surface area (Å²) in [5.41, 5.74) is 3.97. The molecule has 220 valence electrons. The lowest BCUT2D eigenvalue weighted by Gasteiger charge is -2.23. The van der Waals surface area contributed by atoms with E-state index in [0.717, 1.165) is 22.3 Å². The zero-order chi connectivity index (χ0) is 29.4. The molecule has 1 fully saturated rings. The van der Waals surface area contributed by atoms with Gasteiger partial charge in [0.15, 0.2) is 9.84 Å². The van der Waals surface area contributed by atoms with Gasteiger partial charge in [-0.2, -0.15) is 0 Å². The maximum Gasteiger partial charge on any atom is 0.189 e. The van der Waals surface area contributed by atoms with Crippen molar-refractivity contribution >= 4 is 9.84 Å². The predicted molar refractivity (Wildman–Crippen MR) is 163 cm³/mol. The second kappa shape index (κ2) is 13.8. The number of sulfone groups is 1. The summed E-state index contributed by atoms with van der Waals surface area (Å²) >= 11 is 0. The Bertz CT molecular complexity index is 1490. The zero-order valence-electron chi connectivity index (χ0n) is 24.1. The number of benzene rings is 4. The molecule has 0 aliphatic heterocycles.